The van der Waals surface area contributed by atoms with Crippen LogP contribution in [-0.4, -0.2) is 62.0 Å². The largest absolute Gasteiger partial charge is 0.341 e. The standard InChI is InChI=1S/C16H31N3O/c1-4-8-16(9-6-10-17-13-16)15(20)19(3)14-7-5-11-18(2)12-14/h14,17H,4-13H2,1-3H3. The van der Waals surface area contributed by atoms with Crippen LogP contribution >= 0.6 is 0 Å². The second-order valence-corrected chi connectivity index (χ2v) is 6.79. The van der Waals surface area contributed by atoms with Gasteiger partial charge in [0.25, 0.3) is 0 Å². The summed E-state index contributed by atoms with van der Waals surface area (Å²) in [5, 5.41) is 3.45. The molecule has 0 saturated carbocycles. The molecule has 20 heavy (non-hydrogen) atoms. The average molecular weight is 281 g/mol. The SMILES string of the molecule is CCCC1(C(=O)N(C)C2CCCN(C)C2)CCCNC1. The Kier molecular flexibility index (Phi) is 5.44. The lowest BCUT2D eigenvalue weighted by Crippen LogP contribution is -2.55. The van der Waals surface area contributed by atoms with Crippen molar-refractivity contribution in [2.75, 3.05) is 40.3 Å². The number of likely N-dealkylation sites (N-methyl/N-ethyl adjacent to an activating group) is 2. The van der Waals surface area contributed by atoms with Crippen LogP contribution in [0.15, 0.2) is 0 Å². The van der Waals surface area contributed by atoms with Crippen LogP contribution in [-0.2, 0) is 4.79 Å². The van der Waals surface area contributed by atoms with Gasteiger partial charge in [0.05, 0.1) is 5.41 Å². The first kappa shape index (κ1) is 15.8. The Bertz CT molecular complexity index is 320. The van der Waals surface area contributed by atoms with Crippen LogP contribution in [0.3, 0.4) is 0 Å². The van der Waals surface area contributed by atoms with Gasteiger partial charge in [0.15, 0.2) is 0 Å². The molecular weight excluding hydrogens is 250 g/mol. The average Bonchev–Trinajstić information content (AvgIpc) is 2.47. The maximum atomic E-state index is 13.1. The Labute approximate surface area is 123 Å². The Morgan fingerprint density at radius 3 is 2.85 bits per heavy atom. The van der Waals surface area contributed by atoms with Crippen LogP contribution in [0, 0.1) is 5.41 Å². The third-order valence-electron chi connectivity index (χ3n) is 5.12. The molecule has 2 rings (SSSR count). The predicted octanol–water partition coefficient (Wildman–Crippen LogP) is 1.71. The van der Waals surface area contributed by atoms with Gasteiger partial charge >= 0.3 is 0 Å². The van der Waals surface area contributed by atoms with Crippen LogP contribution in [0.25, 0.3) is 0 Å². The van der Waals surface area contributed by atoms with Crippen molar-refractivity contribution in [2.24, 2.45) is 5.41 Å². The third-order valence-corrected chi connectivity index (χ3v) is 5.12. The first-order valence-corrected chi connectivity index (χ1v) is 8.25. The van der Waals surface area contributed by atoms with E-state index in [1.54, 1.807) is 0 Å². The summed E-state index contributed by atoms with van der Waals surface area (Å²) in [6, 6.07) is 0.400. The fourth-order valence-corrected chi connectivity index (χ4v) is 3.94. The first-order chi connectivity index (χ1) is 9.59. The van der Waals surface area contributed by atoms with E-state index >= 15 is 0 Å². The summed E-state index contributed by atoms with van der Waals surface area (Å²) in [7, 11) is 4.19. The number of hydrogen-bond acceptors (Lipinski definition) is 3. The normalized spacial score (nSPS) is 32.0. The van der Waals surface area contributed by atoms with Gasteiger partial charge in [-0.05, 0) is 52.2 Å². The fraction of sp³-hybridized carbons (Fsp3) is 0.938. The van der Waals surface area contributed by atoms with Gasteiger partial charge < -0.3 is 15.1 Å². The zero-order valence-corrected chi connectivity index (χ0v) is 13.5. The van der Waals surface area contributed by atoms with Crippen molar-refractivity contribution >= 4 is 5.91 Å². The van der Waals surface area contributed by atoms with Gasteiger partial charge in [0.2, 0.25) is 5.91 Å². The van der Waals surface area contributed by atoms with E-state index in [0.717, 1.165) is 51.7 Å². The van der Waals surface area contributed by atoms with Crippen LogP contribution in [0.2, 0.25) is 0 Å². The number of nitrogens with one attached hydrogen (secondary N) is 1. The quantitative estimate of drug-likeness (QED) is 0.852. The summed E-state index contributed by atoms with van der Waals surface area (Å²) in [4.78, 5) is 17.5. The van der Waals surface area contributed by atoms with E-state index in [4.69, 9.17) is 0 Å². The molecule has 0 aromatic heterocycles. The van der Waals surface area contributed by atoms with Gasteiger partial charge in [0.1, 0.15) is 0 Å². The smallest absolute Gasteiger partial charge is 0.230 e. The molecular formula is C16H31N3O. The molecule has 2 saturated heterocycles. The Morgan fingerprint density at radius 1 is 1.45 bits per heavy atom. The van der Waals surface area contributed by atoms with Crippen molar-refractivity contribution in [1.82, 2.24) is 15.1 Å². The molecule has 0 aromatic carbocycles. The molecule has 116 valence electrons. The summed E-state index contributed by atoms with van der Waals surface area (Å²) in [5.74, 6) is 0.381. The van der Waals surface area contributed by atoms with Gasteiger partial charge in [0, 0.05) is 26.2 Å². The molecule has 0 spiro atoms. The van der Waals surface area contributed by atoms with E-state index in [9.17, 15) is 4.79 Å². The van der Waals surface area contributed by atoms with Crippen molar-refractivity contribution in [3.8, 4) is 0 Å². The molecule has 0 radical (unpaired) electrons. The topological polar surface area (TPSA) is 35.6 Å². The van der Waals surface area contributed by atoms with E-state index < -0.39 is 0 Å². The van der Waals surface area contributed by atoms with Crippen molar-refractivity contribution in [3.05, 3.63) is 0 Å². The van der Waals surface area contributed by atoms with Crippen molar-refractivity contribution < 1.29 is 4.79 Å². The van der Waals surface area contributed by atoms with Gasteiger partial charge in [-0.25, -0.2) is 0 Å². The Balaban J connectivity index is 2.06. The minimum absolute atomic E-state index is 0.141. The van der Waals surface area contributed by atoms with Crippen LogP contribution in [0.5, 0.6) is 0 Å². The second-order valence-electron chi connectivity index (χ2n) is 6.79. The van der Waals surface area contributed by atoms with Gasteiger partial charge in [-0.15, -0.1) is 0 Å². The highest BCUT2D eigenvalue weighted by Gasteiger charge is 2.42. The molecule has 0 bridgehead atoms. The minimum atomic E-state index is -0.141. The zero-order chi connectivity index (χ0) is 14.6. The molecule has 2 aliphatic rings. The summed E-state index contributed by atoms with van der Waals surface area (Å²) >= 11 is 0. The molecule has 1 amide bonds. The van der Waals surface area contributed by atoms with Crippen LogP contribution < -0.4 is 5.32 Å². The number of nitrogens with zero attached hydrogens (tertiary/aromatic N) is 2. The number of carbonyl (C=O) groups excluding carboxylic acids is 1. The molecule has 1 N–H and O–H groups in total. The molecule has 0 aromatic rings. The summed E-state index contributed by atoms with van der Waals surface area (Å²) in [6.45, 7) is 6.32. The molecule has 2 heterocycles. The monoisotopic (exact) mass is 281 g/mol. The van der Waals surface area contributed by atoms with Crippen LogP contribution in [0.1, 0.15) is 45.4 Å². The summed E-state index contributed by atoms with van der Waals surface area (Å²) in [5.41, 5.74) is -0.141. The number of rotatable bonds is 4. The highest BCUT2D eigenvalue weighted by atomic mass is 16.2. The van der Waals surface area contributed by atoms with Gasteiger partial charge in [-0.3, -0.25) is 4.79 Å². The zero-order valence-electron chi connectivity index (χ0n) is 13.5. The van der Waals surface area contributed by atoms with E-state index in [1.165, 1.54) is 13.0 Å². The maximum Gasteiger partial charge on any atom is 0.230 e. The number of amides is 1. The molecule has 4 heteroatoms. The lowest BCUT2D eigenvalue weighted by Gasteiger charge is -2.43. The molecule has 2 atom stereocenters. The molecule has 4 nitrogen and oxygen atoms in total. The van der Waals surface area contributed by atoms with E-state index in [0.29, 0.717) is 11.9 Å². The van der Waals surface area contributed by atoms with Gasteiger partial charge in [-0.1, -0.05) is 13.3 Å². The second kappa shape index (κ2) is 6.90. The van der Waals surface area contributed by atoms with Crippen LogP contribution in [0.4, 0.5) is 0 Å². The van der Waals surface area contributed by atoms with Gasteiger partial charge in [-0.2, -0.15) is 0 Å². The molecule has 2 aliphatic heterocycles. The van der Waals surface area contributed by atoms with Crippen molar-refractivity contribution in [1.29, 1.82) is 0 Å². The Morgan fingerprint density at radius 2 is 2.25 bits per heavy atom. The van der Waals surface area contributed by atoms with E-state index in [2.05, 4.69) is 29.1 Å². The summed E-state index contributed by atoms with van der Waals surface area (Å²) < 4.78 is 0. The third kappa shape index (κ3) is 3.34. The van der Waals surface area contributed by atoms with E-state index in [1.807, 2.05) is 7.05 Å². The Hall–Kier alpha value is -0.610. The molecule has 0 aliphatic carbocycles. The number of likely N-dealkylation sites (tertiary alicyclic amines) is 1. The first-order valence-electron chi connectivity index (χ1n) is 8.25. The maximum absolute atomic E-state index is 13.1. The number of piperidine rings is 2. The molecule has 2 unspecified atom stereocenters. The minimum Gasteiger partial charge on any atom is -0.341 e. The predicted molar refractivity (Wildman–Crippen MR) is 82.7 cm³/mol. The lowest BCUT2D eigenvalue weighted by molar-refractivity contribution is -0.145. The fourth-order valence-electron chi connectivity index (χ4n) is 3.94. The summed E-state index contributed by atoms with van der Waals surface area (Å²) in [6.07, 6.45) is 6.65. The lowest BCUT2D eigenvalue weighted by atomic mass is 9.75. The van der Waals surface area contributed by atoms with Crippen molar-refractivity contribution in [3.63, 3.8) is 0 Å². The highest BCUT2D eigenvalue weighted by Crippen LogP contribution is 2.34. The van der Waals surface area contributed by atoms with E-state index in [-0.39, 0.29) is 5.41 Å². The highest BCUT2D eigenvalue weighted by molar-refractivity contribution is 5.83. The number of hydrogen-bond donors (Lipinski definition) is 1. The van der Waals surface area contributed by atoms with Crippen molar-refractivity contribution in [2.45, 2.75) is 51.5 Å². The molecule has 2 fully saturated rings. The number of carbonyl (C=O) groups is 1.